The van der Waals surface area contributed by atoms with Crippen LogP contribution in [0.3, 0.4) is 0 Å². The van der Waals surface area contributed by atoms with Gasteiger partial charge in [-0.25, -0.2) is 0 Å². The number of rotatable bonds is 4. The van der Waals surface area contributed by atoms with Crippen LogP contribution in [0.4, 0.5) is 5.95 Å². The molecule has 0 spiro atoms. The zero-order valence-electron chi connectivity index (χ0n) is 11.7. The largest absolute Gasteiger partial charge is 0.456 e. The van der Waals surface area contributed by atoms with Crippen LogP contribution in [0.5, 0.6) is 11.5 Å². The maximum atomic E-state index is 5.68. The molecule has 0 saturated heterocycles. The molecule has 3 aromatic rings. The lowest BCUT2D eigenvalue weighted by Crippen LogP contribution is -2.09. The summed E-state index contributed by atoms with van der Waals surface area (Å²) in [5.41, 5.74) is 0.842. The number of aromatic nitrogens is 3. The highest BCUT2D eigenvalue weighted by Gasteiger charge is 2.10. The van der Waals surface area contributed by atoms with Gasteiger partial charge in [0.25, 0.3) is 11.8 Å². The van der Waals surface area contributed by atoms with Gasteiger partial charge in [0, 0.05) is 25.9 Å². The number of benzene rings is 1. The molecule has 6 nitrogen and oxygen atoms in total. The van der Waals surface area contributed by atoms with Crippen molar-refractivity contribution >= 4 is 5.95 Å². The Labute approximate surface area is 122 Å². The lowest BCUT2D eigenvalue weighted by Gasteiger charge is -2.05. The predicted octanol–water partition coefficient (Wildman–Crippen LogP) is 2.99. The highest BCUT2D eigenvalue weighted by Crippen LogP contribution is 2.25. The van der Waals surface area contributed by atoms with E-state index in [1.54, 1.807) is 17.3 Å². The van der Waals surface area contributed by atoms with E-state index < -0.39 is 0 Å². The first-order valence-corrected chi connectivity index (χ1v) is 6.42. The number of hydrogen-bond acceptors (Lipinski definition) is 6. The fraction of sp³-hybridized carbons (Fsp3) is 0.133. The minimum absolute atomic E-state index is 0.478. The van der Waals surface area contributed by atoms with Gasteiger partial charge in [-0.2, -0.15) is 4.98 Å². The molecule has 0 unspecified atom stereocenters. The molecule has 0 fully saturated rings. The summed E-state index contributed by atoms with van der Waals surface area (Å²) in [6.45, 7) is 0. The molecule has 1 aromatic carbocycles. The van der Waals surface area contributed by atoms with Crippen molar-refractivity contribution < 1.29 is 9.26 Å². The zero-order chi connectivity index (χ0) is 14.7. The van der Waals surface area contributed by atoms with Crippen molar-refractivity contribution in [3.8, 4) is 23.0 Å². The maximum Gasteiger partial charge on any atom is 0.265 e. The minimum Gasteiger partial charge on any atom is -0.456 e. The van der Waals surface area contributed by atoms with E-state index in [1.807, 2.05) is 50.5 Å². The summed E-state index contributed by atoms with van der Waals surface area (Å²) in [6, 6.07) is 11.1. The third-order valence-corrected chi connectivity index (χ3v) is 2.79. The van der Waals surface area contributed by atoms with Crippen molar-refractivity contribution in [2.75, 3.05) is 19.0 Å². The second kappa shape index (κ2) is 5.62. The summed E-state index contributed by atoms with van der Waals surface area (Å²) >= 11 is 0. The van der Waals surface area contributed by atoms with Gasteiger partial charge in [-0.15, -0.1) is 0 Å². The average Bonchev–Trinajstić information content (AvgIpc) is 2.99. The van der Waals surface area contributed by atoms with Gasteiger partial charge in [0.2, 0.25) is 0 Å². The second-order valence-corrected chi connectivity index (χ2v) is 4.61. The molecule has 2 aromatic heterocycles. The first-order valence-electron chi connectivity index (χ1n) is 6.42. The van der Waals surface area contributed by atoms with Gasteiger partial charge in [0.05, 0.1) is 6.20 Å². The highest BCUT2D eigenvalue weighted by atomic mass is 16.5. The molecular formula is C15H14N4O2. The highest BCUT2D eigenvalue weighted by molar-refractivity contribution is 5.55. The second-order valence-electron chi connectivity index (χ2n) is 4.61. The molecule has 0 radical (unpaired) electrons. The number of anilines is 1. The SMILES string of the molecule is CN(C)c1noc(-c2ccc(Oc3cccnc3)cc2)n1. The topological polar surface area (TPSA) is 64.3 Å². The molecule has 2 heterocycles. The lowest BCUT2D eigenvalue weighted by atomic mass is 10.2. The van der Waals surface area contributed by atoms with Crippen LogP contribution in [0.15, 0.2) is 53.3 Å². The quantitative estimate of drug-likeness (QED) is 0.733. The van der Waals surface area contributed by atoms with Crippen LogP contribution in [-0.2, 0) is 0 Å². The maximum absolute atomic E-state index is 5.68. The summed E-state index contributed by atoms with van der Waals surface area (Å²) in [7, 11) is 3.72. The van der Waals surface area contributed by atoms with Gasteiger partial charge in [-0.1, -0.05) is 0 Å². The summed E-state index contributed by atoms with van der Waals surface area (Å²) < 4.78 is 10.9. The van der Waals surface area contributed by atoms with Gasteiger partial charge in [0.15, 0.2) is 0 Å². The van der Waals surface area contributed by atoms with Crippen LogP contribution in [-0.4, -0.2) is 29.2 Å². The minimum atomic E-state index is 0.478. The monoisotopic (exact) mass is 282 g/mol. The van der Waals surface area contributed by atoms with E-state index in [-0.39, 0.29) is 0 Å². The van der Waals surface area contributed by atoms with Crippen molar-refractivity contribution in [2.45, 2.75) is 0 Å². The van der Waals surface area contributed by atoms with Crippen molar-refractivity contribution in [1.82, 2.24) is 15.1 Å². The third kappa shape index (κ3) is 3.00. The van der Waals surface area contributed by atoms with Crippen LogP contribution in [0.1, 0.15) is 0 Å². The Morgan fingerprint density at radius 2 is 1.86 bits per heavy atom. The Morgan fingerprint density at radius 1 is 1.05 bits per heavy atom. The Morgan fingerprint density at radius 3 is 2.48 bits per heavy atom. The Hall–Kier alpha value is -2.89. The van der Waals surface area contributed by atoms with Crippen LogP contribution in [0.25, 0.3) is 11.5 Å². The molecule has 0 aliphatic rings. The Kier molecular flexibility index (Phi) is 3.51. The molecule has 3 rings (SSSR count). The van der Waals surface area contributed by atoms with E-state index in [0.717, 1.165) is 11.3 Å². The van der Waals surface area contributed by atoms with E-state index in [4.69, 9.17) is 9.26 Å². The van der Waals surface area contributed by atoms with Gasteiger partial charge in [-0.3, -0.25) is 4.98 Å². The van der Waals surface area contributed by atoms with Crippen molar-refractivity contribution in [3.63, 3.8) is 0 Å². The Bertz CT molecular complexity index is 708. The van der Waals surface area contributed by atoms with Crippen LogP contribution in [0.2, 0.25) is 0 Å². The molecule has 0 bridgehead atoms. The third-order valence-electron chi connectivity index (χ3n) is 2.79. The van der Waals surface area contributed by atoms with E-state index in [0.29, 0.717) is 17.6 Å². The normalized spacial score (nSPS) is 10.4. The lowest BCUT2D eigenvalue weighted by molar-refractivity contribution is 0.430. The molecular weight excluding hydrogens is 268 g/mol. The van der Waals surface area contributed by atoms with Crippen molar-refractivity contribution in [1.29, 1.82) is 0 Å². The molecule has 0 saturated carbocycles. The zero-order valence-corrected chi connectivity index (χ0v) is 11.7. The molecule has 21 heavy (non-hydrogen) atoms. The molecule has 106 valence electrons. The summed E-state index contributed by atoms with van der Waals surface area (Å²) in [6.07, 6.45) is 3.36. The van der Waals surface area contributed by atoms with Gasteiger partial charge in [-0.05, 0) is 41.6 Å². The summed E-state index contributed by atoms with van der Waals surface area (Å²) in [5, 5.41) is 3.88. The molecule has 0 aliphatic carbocycles. The fourth-order valence-electron chi connectivity index (χ4n) is 1.72. The van der Waals surface area contributed by atoms with E-state index in [9.17, 15) is 0 Å². The molecule has 6 heteroatoms. The predicted molar refractivity (Wildman–Crippen MR) is 78.4 cm³/mol. The van der Waals surface area contributed by atoms with Crippen molar-refractivity contribution in [2.24, 2.45) is 0 Å². The summed E-state index contributed by atoms with van der Waals surface area (Å²) in [5.74, 6) is 2.43. The average molecular weight is 282 g/mol. The van der Waals surface area contributed by atoms with Gasteiger partial charge in [0.1, 0.15) is 11.5 Å². The van der Waals surface area contributed by atoms with Crippen LogP contribution >= 0.6 is 0 Å². The molecule has 0 atom stereocenters. The first-order chi connectivity index (χ1) is 10.2. The first kappa shape index (κ1) is 13.1. The van der Waals surface area contributed by atoms with Crippen LogP contribution in [0, 0.1) is 0 Å². The summed E-state index contributed by atoms with van der Waals surface area (Å²) in [4.78, 5) is 10.1. The standard InChI is InChI=1S/C15H14N4O2/c1-19(2)15-17-14(21-18-15)11-5-7-12(8-6-11)20-13-4-3-9-16-10-13/h3-10H,1-2H3. The van der Waals surface area contributed by atoms with E-state index in [2.05, 4.69) is 15.1 Å². The molecule has 0 aliphatic heterocycles. The molecule has 0 amide bonds. The molecule has 0 N–H and O–H groups in total. The van der Waals surface area contributed by atoms with Gasteiger partial charge < -0.3 is 14.2 Å². The van der Waals surface area contributed by atoms with E-state index in [1.165, 1.54) is 0 Å². The van der Waals surface area contributed by atoms with E-state index >= 15 is 0 Å². The smallest absolute Gasteiger partial charge is 0.265 e. The number of pyridine rings is 1. The number of nitrogens with zero attached hydrogens (tertiary/aromatic N) is 4. The Balaban J connectivity index is 1.77. The number of ether oxygens (including phenoxy) is 1. The number of hydrogen-bond donors (Lipinski definition) is 0. The fourth-order valence-corrected chi connectivity index (χ4v) is 1.72. The van der Waals surface area contributed by atoms with Gasteiger partial charge >= 0.3 is 0 Å². The van der Waals surface area contributed by atoms with Crippen molar-refractivity contribution in [3.05, 3.63) is 48.8 Å². The van der Waals surface area contributed by atoms with Crippen LogP contribution < -0.4 is 9.64 Å².